The standard InChI is InChI=1S/C14H22N2O2S/c1-16(9-10-19(2,17)18)11-12-5-3-7-14-13(12)6-4-8-15-14/h3,5,7,15H,4,6,8-11H2,1-2H3. The predicted octanol–water partition coefficient (Wildman–Crippen LogP) is 1.52. The molecule has 106 valence electrons. The van der Waals surface area contributed by atoms with E-state index < -0.39 is 9.84 Å². The summed E-state index contributed by atoms with van der Waals surface area (Å²) < 4.78 is 22.4. The second kappa shape index (κ2) is 5.92. The highest BCUT2D eigenvalue weighted by Gasteiger charge is 2.14. The van der Waals surface area contributed by atoms with Crippen molar-refractivity contribution in [2.75, 3.05) is 37.5 Å². The van der Waals surface area contributed by atoms with Crippen molar-refractivity contribution in [2.45, 2.75) is 19.4 Å². The summed E-state index contributed by atoms with van der Waals surface area (Å²) in [7, 11) is -0.910. The first-order valence-electron chi connectivity index (χ1n) is 6.66. The molecule has 0 aromatic heterocycles. The first kappa shape index (κ1) is 14.3. The summed E-state index contributed by atoms with van der Waals surface area (Å²) in [5.74, 6) is 0.219. The summed E-state index contributed by atoms with van der Waals surface area (Å²) in [5.41, 5.74) is 3.93. The molecule has 0 amide bonds. The van der Waals surface area contributed by atoms with E-state index >= 15 is 0 Å². The fourth-order valence-electron chi connectivity index (χ4n) is 2.42. The molecule has 0 saturated heterocycles. The van der Waals surface area contributed by atoms with Gasteiger partial charge in [0.25, 0.3) is 0 Å². The maximum absolute atomic E-state index is 11.2. The van der Waals surface area contributed by atoms with Gasteiger partial charge in [0.2, 0.25) is 0 Å². The molecule has 4 nitrogen and oxygen atoms in total. The molecule has 1 heterocycles. The van der Waals surface area contributed by atoms with E-state index in [0.29, 0.717) is 6.54 Å². The van der Waals surface area contributed by atoms with Crippen molar-refractivity contribution in [2.24, 2.45) is 0 Å². The SMILES string of the molecule is CN(CCS(C)(=O)=O)Cc1cccc2c1CCCN2. The molecule has 0 unspecified atom stereocenters. The van der Waals surface area contributed by atoms with E-state index in [9.17, 15) is 8.42 Å². The highest BCUT2D eigenvalue weighted by atomic mass is 32.2. The van der Waals surface area contributed by atoms with Crippen LogP contribution in [-0.2, 0) is 22.8 Å². The van der Waals surface area contributed by atoms with Crippen molar-refractivity contribution in [1.29, 1.82) is 0 Å². The molecule has 0 atom stereocenters. The number of nitrogens with one attached hydrogen (secondary N) is 1. The largest absolute Gasteiger partial charge is 0.385 e. The Hall–Kier alpha value is -1.07. The third-order valence-corrected chi connectivity index (χ3v) is 4.40. The lowest BCUT2D eigenvalue weighted by Crippen LogP contribution is -2.26. The summed E-state index contributed by atoms with van der Waals surface area (Å²) >= 11 is 0. The molecule has 0 spiro atoms. The number of anilines is 1. The van der Waals surface area contributed by atoms with Crippen LogP contribution in [0.2, 0.25) is 0 Å². The smallest absolute Gasteiger partial charge is 0.148 e. The zero-order valence-corrected chi connectivity index (χ0v) is 12.5. The van der Waals surface area contributed by atoms with Crippen LogP contribution >= 0.6 is 0 Å². The second-order valence-corrected chi connectivity index (χ2v) is 7.60. The molecule has 0 fully saturated rings. The lowest BCUT2D eigenvalue weighted by atomic mass is 9.97. The van der Waals surface area contributed by atoms with Gasteiger partial charge in [-0.1, -0.05) is 12.1 Å². The van der Waals surface area contributed by atoms with Gasteiger partial charge in [0.1, 0.15) is 9.84 Å². The molecular weight excluding hydrogens is 260 g/mol. The molecule has 1 aliphatic heterocycles. The van der Waals surface area contributed by atoms with Crippen LogP contribution in [0.3, 0.4) is 0 Å². The van der Waals surface area contributed by atoms with Gasteiger partial charge < -0.3 is 10.2 Å². The lowest BCUT2D eigenvalue weighted by Gasteiger charge is -2.23. The van der Waals surface area contributed by atoms with Crippen molar-refractivity contribution in [3.05, 3.63) is 29.3 Å². The fourth-order valence-corrected chi connectivity index (χ4v) is 3.07. The van der Waals surface area contributed by atoms with Crippen LogP contribution in [-0.4, -0.2) is 45.5 Å². The molecular formula is C14H22N2O2S. The highest BCUT2D eigenvalue weighted by molar-refractivity contribution is 7.90. The predicted molar refractivity (Wildman–Crippen MR) is 79.3 cm³/mol. The number of benzene rings is 1. The minimum atomic E-state index is -2.88. The average molecular weight is 282 g/mol. The third kappa shape index (κ3) is 4.21. The Morgan fingerprint density at radius 1 is 1.37 bits per heavy atom. The van der Waals surface area contributed by atoms with Crippen molar-refractivity contribution in [1.82, 2.24) is 4.90 Å². The van der Waals surface area contributed by atoms with Gasteiger partial charge in [-0.3, -0.25) is 0 Å². The van der Waals surface area contributed by atoms with Gasteiger partial charge in [-0.2, -0.15) is 0 Å². The summed E-state index contributed by atoms with van der Waals surface area (Å²) in [4.78, 5) is 2.07. The Labute approximate surface area is 115 Å². The van der Waals surface area contributed by atoms with E-state index in [1.54, 1.807) is 0 Å². The van der Waals surface area contributed by atoms with Crippen molar-refractivity contribution < 1.29 is 8.42 Å². The van der Waals surface area contributed by atoms with Gasteiger partial charge >= 0.3 is 0 Å². The lowest BCUT2D eigenvalue weighted by molar-refractivity contribution is 0.345. The van der Waals surface area contributed by atoms with E-state index in [-0.39, 0.29) is 5.75 Å². The number of sulfone groups is 1. The fraction of sp³-hybridized carbons (Fsp3) is 0.571. The molecule has 0 aliphatic carbocycles. The molecule has 1 aromatic rings. The van der Waals surface area contributed by atoms with E-state index in [1.165, 1.54) is 23.1 Å². The summed E-state index contributed by atoms with van der Waals surface area (Å²) in [5, 5.41) is 3.42. The first-order valence-corrected chi connectivity index (χ1v) is 8.73. The van der Waals surface area contributed by atoms with E-state index in [0.717, 1.165) is 25.9 Å². The Morgan fingerprint density at radius 3 is 2.89 bits per heavy atom. The van der Waals surface area contributed by atoms with E-state index in [4.69, 9.17) is 0 Å². The second-order valence-electron chi connectivity index (χ2n) is 5.34. The number of fused-ring (bicyclic) bond motifs is 1. The highest BCUT2D eigenvalue weighted by Crippen LogP contribution is 2.25. The first-order chi connectivity index (χ1) is 8.96. The van der Waals surface area contributed by atoms with Gasteiger partial charge in [-0.25, -0.2) is 8.42 Å². The Morgan fingerprint density at radius 2 is 2.16 bits per heavy atom. The molecule has 1 aliphatic rings. The summed E-state index contributed by atoms with van der Waals surface area (Å²) in [6.07, 6.45) is 3.56. The zero-order valence-electron chi connectivity index (χ0n) is 11.6. The van der Waals surface area contributed by atoms with Crippen LogP contribution in [0.15, 0.2) is 18.2 Å². The summed E-state index contributed by atoms with van der Waals surface area (Å²) in [6, 6.07) is 6.33. The van der Waals surface area contributed by atoms with Crippen LogP contribution in [0.1, 0.15) is 17.5 Å². The van der Waals surface area contributed by atoms with Gasteiger partial charge in [0, 0.05) is 31.6 Å². The van der Waals surface area contributed by atoms with Crippen LogP contribution in [0.4, 0.5) is 5.69 Å². The van der Waals surface area contributed by atoms with Crippen molar-refractivity contribution >= 4 is 15.5 Å². The van der Waals surface area contributed by atoms with Gasteiger partial charge in [-0.15, -0.1) is 0 Å². The third-order valence-electron chi connectivity index (χ3n) is 3.48. The molecule has 2 rings (SSSR count). The number of rotatable bonds is 5. The van der Waals surface area contributed by atoms with Crippen LogP contribution in [0.5, 0.6) is 0 Å². The molecule has 5 heteroatoms. The quantitative estimate of drug-likeness (QED) is 0.889. The minimum absolute atomic E-state index is 0.219. The number of nitrogens with zero attached hydrogens (tertiary/aromatic N) is 1. The molecule has 0 radical (unpaired) electrons. The maximum Gasteiger partial charge on any atom is 0.148 e. The Balaban J connectivity index is 2.03. The minimum Gasteiger partial charge on any atom is -0.385 e. The maximum atomic E-state index is 11.2. The zero-order chi connectivity index (χ0) is 13.9. The molecule has 19 heavy (non-hydrogen) atoms. The monoisotopic (exact) mass is 282 g/mol. The Bertz CT molecular complexity index is 540. The van der Waals surface area contributed by atoms with Crippen LogP contribution in [0, 0.1) is 0 Å². The topological polar surface area (TPSA) is 49.4 Å². The van der Waals surface area contributed by atoms with E-state index in [1.807, 2.05) is 7.05 Å². The number of hydrogen-bond donors (Lipinski definition) is 1. The van der Waals surface area contributed by atoms with Gasteiger partial charge in [0.15, 0.2) is 0 Å². The summed E-state index contributed by atoms with van der Waals surface area (Å²) in [6.45, 7) is 2.43. The Kier molecular flexibility index (Phi) is 4.47. The molecule has 0 saturated carbocycles. The normalized spacial score (nSPS) is 15.1. The number of hydrogen-bond acceptors (Lipinski definition) is 4. The van der Waals surface area contributed by atoms with Gasteiger partial charge in [0.05, 0.1) is 5.75 Å². The van der Waals surface area contributed by atoms with Gasteiger partial charge in [-0.05, 0) is 37.1 Å². The van der Waals surface area contributed by atoms with Crippen LogP contribution in [0.25, 0.3) is 0 Å². The molecule has 0 bridgehead atoms. The molecule has 1 N–H and O–H groups in total. The van der Waals surface area contributed by atoms with Crippen LogP contribution < -0.4 is 5.32 Å². The van der Waals surface area contributed by atoms with E-state index in [2.05, 4.69) is 28.4 Å². The average Bonchev–Trinajstić information content (AvgIpc) is 2.36. The van der Waals surface area contributed by atoms with Crippen molar-refractivity contribution in [3.63, 3.8) is 0 Å². The molecule has 1 aromatic carbocycles. The van der Waals surface area contributed by atoms with Crippen molar-refractivity contribution in [3.8, 4) is 0 Å².